The molecule has 0 atom stereocenters. The monoisotopic (exact) mass is 254 g/mol. The average Bonchev–Trinajstić information content (AvgIpc) is 2.27. The third-order valence-electron chi connectivity index (χ3n) is 2.96. The summed E-state index contributed by atoms with van der Waals surface area (Å²) in [6.07, 6.45) is -1.43. The van der Waals surface area contributed by atoms with Crippen LogP contribution in [-0.4, -0.2) is 25.2 Å². The van der Waals surface area contributed by atoms with Crippen LogP contribution in [0.2, 0.25) is 0 Å². The molecule has 0 radical (unpaired) electrons. The summed E-state index contributed by atoms with van der Waals surface area (Å²) in [4.78, 5) is 15.6. The van der Waals surface area contributed by atoms with Gasteiger partial charge in [-0.25, -0.2) is 5.48 Å². The Morgan fingerprint density at radius 2 is 1.88 bits per heavy atom. The van der Waals surface area contributed by atoms with Gasteiger partial charge in [0, 0.05) is 5.92 Å². The number of carbonyl (C=O) groups is 1. The van der Waals surface area contributed by atoms with E-state index < -0.39 is 18.7 Å². The highest BCUT2D eigenvalue weighted by Gasteiger charge is 2.30. The molecule has 17 heavy (non-hydrogen) atoms. The number of carbonyl (C=O) groups excluding carboxylic acids is 1. The van der Waals surface area contributed by atoms with Crippen LogP contribution in [0.4, 0.5) is 13.2 Å². The van der Waals surface area contributed by atoms with Gasteiger partial charge in [0.1, 0.15) is 0 Å². The van der Waals surface area contributed by atoms with E-state index in [1.807, 2.05) is 5.48 Å². The predicted octanol–water partition coefficient (Wildman–Crippen LogP) is 1.36. The Labute approximate surface area is 97.6 Å². The first kappa shape index (κ1) is 14.2. The molecule has 1 aliphatic carbocycles. The van der Waals surface area contributed by atoms with Crippen molar-refractivity contribution >= 4 is 5.91 Å². The summed E-state index contributed by atoms with van der Waals surface area (Å²) in [5, 5.41) is 0. The van der Waals surface area contributed by atoms with Gasteiger partial charge < -0.3 is 5.73 Å². The van der Waals surface area contributed by atoms with E-state index in [0.717, 1.165) is 12.8 Å². The van der Waals surface area contributed by atoms with Gasteiger partial charge >= 0.3 is 6.18 Å². The van der Waals surface area contributed by atoms with Crippen LogP contribution in [0.1, 0.15) is 25.7 Å². The Kier molecular flexibility index (Phi) is 5.20. The lowest BCUT2D eigenvalue weighted by Gasteiger charge is -2.26. The maximum Gasteiger partial charge on any atom is 0.414 e. The van der Waals surface area contributed by atoms with Crippen LogP contribution in [0.25, 0.3) is 0 Å². The van der Waals surface area contributed by atoms with Crippen molar-refractivity contribution in [2.75, 3.05) is 13.2 Å². The lowest BCUT2D eigenvalue weighted by atomic mass is 9.82. The fourth-order valence-corrected chi connectivity index (χ4v) is 1.93. The van der Waals surface area contributed by atoms with Gasteiger partial charge in [-0.1, -0.05) is 0 Å². The first-order valence-corrected chi connectivity index (χ1v) is 5.61. The van der Waals surface area contributed by atoms with Gasteiger partial charge in [0.15, 0.2) is 6.61 Å². The molecule has 7 heteroatoms. The molecule has 100 valence electrons. The second kappa shape index (κ2) is 6.20. The standard InChI is InChI=1S/C10H17F3N2O2/c11-10(12,13)6-17-15-9(16)8-3-1-7(5-14)2-4-8/h7-8H,1-6,14H2,(H,15,16). The normalized spacial score (nSPS) is 25.6. The molecule has 1 aliphatic rings. The molecule has 0 unspecified atom stereocenters. The topological polar surface area (TPSA) is 64.4 Å². The lowest BCUT2D eigenvalue weighted by molar-refractivity contribution is -0.193. The van der Waals surface area contributed by atoms with Crippen molar-refractivity contribution < 1.29 is 22.8 Å². The molecular weight excluding hydrogens is 237 g/mol. The maximum atomic E-state index is 11.8. The number of rotatable bonds is 4. The Morgan fingerprint density at radius 1 is 1.29 bits per heavy atom. The summed E-state index contributed by atoms with van der Waals surface area (Å²) in [5.41, 5.74) is 7.35. The van der Waals surface area contributed by atoms with Crippen molar-refractivity contribution in [3.8, 4) is 0 Å². The number of nitrogens with two attached hydrogens (primary N) is 1. The van der Waals surface area contributed by atoms with Crippen molar-refractivity contribution in [1.82, 2.24) is 5.48 Å². The Hall–Kier alpha value is -0.820. The van der Waals surface area contributed by atoms with Crippen LogP contribution in [0, 0.1) is 11.8 Å². The molecule has 0 aromatic carbocycles. The van der Waals surface area contributed by atoms with Gasteiger partial charge in [-0.05, 0) is 38.1 Å². The third-order valence-corrected chi connectivity index (χ3v) is 2.96. The van der Waals surface area contributed by atoms with E-state index in [9.17, 15) is 18.0 Å². The largest absolute Gasteiger partial charge is 0.414 e. The van der Waals surface area contributed by atoms with Crippen molar-refractivity contribution in [2.45, 2.75) is 31.9 Å². The molecule has 0 heterocycles. The molecule has 0 saturated heterocycles. The van der Waals surface area contributed by atoms with Gasteiger partial charge in [0.05, 0.1) is 0 Å². The lowest BCUT2D eigenvalue weighted by Crippen LogP contribution is -2.36. The van der Waals surface area contributed by atoms with Crippen LogP contribution in [0.15, 0.2) is 0 Å². The van der Waals surface area contributed by atoms with Gasteiger partial charge in [0.25, 0.3) is 0 Å². The van der Waals surface area contributed by atoms with Crippen LogP contribution >= 0.6 is 0 Å². The number of amides is 1. The van der Waals surface area contributed by atoms with Gasteiger partial charge in [0.2, 0.25) is 5.91 Å². The predicted molar refractivity (Wildman–Crippen MR) is 54.7 cm³/mol. The van der Waals surface area contributed by atoms with Gasteiger partial charge in [-0.2, -0.15) is 13.2 Å². The fourth-order valence-electron chi connectivity index (χ4n) is 1.93. The summed E-state index contributed by atoms with van der Waals surface area (Å²) in [5.74, 6) is -0.300. The molecular formula is C10H17F3N2O2. The minimum absolute atomic E-state index is 0.258. The number of nitrogens with one attached hydrogen (secondary N) is 1. The first-order valence-electron chi connectivity index (χ1n) is 5.61. The van der Waals surface area contributed by atoms with E-state index in [1.165, 1.54) is 0 Å². The Bertz CT molecular complexity index is 250. The zero-order valence-corrected chi connectivity index (χ0v) is 9.43. The fraction of sp³-hybridized carbons (Fsp3) is 0.900. The molecule has 1 saturated carbocycles. The average molecular weight is 254 g/mol. The van der Waals surface area contributed by atoms with E-state index in [-0.39, 0.29) is 5.92 Å². The van der Waals surface area contributed by atoms with E-state index in [2.05, 4.69) is 4.84 Å². The van der Waals surface area contributed by atoms with E-state index in [4.69, 9.17) is 5.73 Å². The molecule has 0 bridgehead atoms. The highest BCUT2D eigenvalue weighted by Crippen LogP contribution is 2.28. The van der Waals surface area contributed by atoms with Crippen LogP contribution in [-0.2, 0) is 9.63 Å². The smallest absolute Gasteiger partial charge is 0.330 e. The Balaban J connectivity index is 2.21. The molecule has 4 nitrogen and oxygen atoms in total. The first-order chi connectivity index (χ1) is 7.92. The van der Waals surface area contributed by atoms with Crippen LogP contribution in [0.5, 0.6) is 0 Å². The van der Waals surface area contributed by atoms with Crippen molar-refractivity contribution in [1.29, 1.82) is 0 Å². The molecule has 0 spiro atoms. The van der Waals surface area contributed by atoms with Crippen molar-refractivity contribution in [3.05, 3.63) is 0 Å². The third kappa shape index (κ3) is 5.36. The van der Waals surface area contributed by atoms with Crippen LogP contribution < -0.4 is 11.2 Å². The van der Waals surface area contributed by atoms with Crippen molar-refractivity contribution in [3.63, 3.8) is 0 Å². The van der Waals surface area contributed by atoms with Crippen LogP contribution in [0.3, 0.4) is 0 Å². The summed E-state index contributed by atoms with van der Waals surface area (Å²) in [7, 11) is 0. The van der Waals surface area contributed by atoms with E-state index in [1.54, 1.807) is 0 Å². The van der Waals surface area contributed by atoms with Crippen molar-refractivity contribution in [2.24, 2.45) is 17.6 Å². The molecule has 3 N–H and O–H groups in total. The highest BCUT2D eigenvalue weighted by atomic mass is 19.4. The highest BCUT2D eigenvalue weighted by molar-refractivity contribution is 5.77. The molecule has 0 aliphatic heterocycles. The number of alkyl halides is 3. The Morgan fingerprint density at radius 3 is 2.35 bits per heavy atom. The summed E-state index contributed by atoms with van der Waals surface area (Å²) in [6, 6.07) is 0. The molecule has 1 amide bonds. The number of halogens is 3. The SMILES string of the molecule is NCC1CCC(C(=O)NOCC(F)(F)F)CC1. The number of hydrogen-bond donors (Lipinski definition) is 2. The number of hydrogen-bond acceptors (Lipinski definition) is 3. The maximum absolute atomic E-state index is 11.8. The van der Waals surface area contributed by atoms with E-state index in [0.29, 0.717) is 25.3 Å². The van der Waals surface area contributed by atoms with E-state index >= 15 is 0 Å². The number of hydroxylamine groups is 1. The molecule has 0 aromatic rings. The summed E-state index contributed by atoms with van der Waals surface area (Å²) >= 11 is 0. The van der Waals surface area contributed by atoms with Gasteiger partial charge in [-0.3, -0.25) is 9.63 Å². The van der Waals surface area contributed by atoms with Gasteiger partial charge in [-0.15, -0.1) is 0 Å². The second-order valence-electron chi connectivity index (χ2n) is 4.32. The molecule has 1 fully saturated rings. The minimum atomic E-state index is -4.43. The summed E-state index contributed by atoms with van der Waals surface area (Å²) < 4.78 is 35.3. The molecule has 1 rings (SSSR count). The second-order valence-corrected chi connectivity index (χ2v) is 4.32. The quantitative estimate of drug-likeness (QED) is 0.744. The minimum Gasteiger partial charge on any atom is -0.330 e. The summed E-state index contributed by atoms with van der Waals surface area (Å²) in [6.45, 7) is -0.865. The zero-order chi connectivity index (χ0) is 12.9. The zero-order valence-electron chi connectivity index (χ0n) is 9.43. The molecule has 0 aromatic heterocycles.